The van der Waals surface area contributed by atoms with E-state index in [0.717, 1.165) is 22.6 Å². The Bertz CT molecular complexity index is 1070. The Hall–Kier alpha value is -3.24. The number of aliphatic hydroxyl groups excluding tert-OH is 1. The van der Waals surface area contributed by atoms with Crippen LogP contribution in [0, 0.1) is 0 Å². The highest BCUT2D eigenvalue weighted by Crippen LogP contribution is 2.32. The Morgan fingerprint density at radius 3 is 2.47 bits per heavy atom. The van der Waals surface area contributed by atoms with Crippen LogP contribution < -0.4 is 10.2 Å². The number of benzene rings is 2. The lowest BCUT2D eigenvalue weighted by molar-refractivity contribution is -0.137. The summed E-state index contributed by atoms with van der Waals surface area (Å²) in [4.78, 5) is 26.4. The number of nitrogens with one attached hydrogen (secondary N) is 1. The molecule has 0 aliphatic rings. The molecule has 2 N–H and O–H groups in total. The van der Waals surface area contributed by atoms with Crippen LogP contribution in [-0.4, -0.2) is 37.6 Å². The quantitative estimate of drug-likeness (QED) is 0.0881. The molecule has 0 saturated carbocycles. The van der Waals surface area contributed by atoms with Crippen LogP contribution in [0.25, 0.3) is 0 Å². The number of ether oxygens (including phenoxy) is 1. The van der Waals surface area contributed by atoms with Crippen LogP contribution >= 0.6 is 12.6 Å². The van der Waals surface area contributed by atoms with E-state index in [2.05, 4.69) is 17.9 Å². The van der Waals surface area contributed by atoms with Crippen LogP contribution in [0.5, 0.6) is 0 Å². The van der Waals surface area contributed by atoms with Crippen molar-refractivity contribution in [2.24, 2.45) is 0 Å². The second kappa shape index (κ2) is 12.3. The number of halogens is 3. The fourth-order valence-electron chi connectivity index (χ4n) is 2.85. The number of hydrogen-bond donors (Lipinski definition) is 3. The van der Waals surface area contributed by atoms with Crippen molar-refractivity contribution in [3.63, 3.8) is 0 Å². The molecule has 34 heavy (non-hydrogen) atoms. The molecule has 6 nitrogen and oxygen atoms in total. The predicted octanol–water partition coefficient (Wildman–Crippen LogP) is 4.11. The lowest BCUT2D eigenvalue weighted by atomic mass is 10.1. The lowest BCUT2D eigenvalue weighted by Gasteiger charge is -2.23. The average molecular weight is 495 g/mol. The number of anilines is 1. The lowest BCUT2D eigenvalue weighted by Crippen LogP contribution is -2.25. The highest BCUT2D eigenvalue weighted by Gasteiger charge is 2.30. The van der Waals surface area contributed by atoms with Gasteiger partial charge < -0.3 is 20.1 Å². The molecule has 0 fully saturated rings. The van der Waals surface area contributed by atoms with Crippen molar-refractivity contribution in [2.45, 2.75) is 24.5 Å². The summed E-state index contributed by atoms with van der Waals surface area (Å²) in [6.45, 7) is 1.23. The van der Waals surface area contributed by atoms with Gasteiger partial charge in [-0.3, -0.25) is 9.59 Å². The maximum atomic E-state index is 13.1. The largest absolute Gasteiger partial charge is 0.489 e. The fourth-order valence-corrected chi connectivity index (χ4v) is 3.00. The second-order valence-electron chi connectivity index (χ2n) is 7.20. The van der Waals surface area contributed by atoms with Gasteiger partial charge in [0.25, 0.3) is 5.91 Å². The third-order valence-electron chi connectivity index (χ3n) is 4.83. The van der Waals surface area contributed by atoms with Crippen LogP contribution in [-0.2, 0) is 27.0 Å². The number of nitrogens with zero attached hydrogens (tertiary/aromatic N) is 1. The van der Waals surface area contributed by atoms with Gasteiger partial charge in [-0.2, -0.15) is 13.2 Å². The first-order valence-corrected chi connectivity index (χ1v) is 10.6. The molecule has 0 heterocycles. The summed E-state index contributed by atoms with van der Waals surface area (Å²) in [5.74, 6) is -0.616. The Morgan fingerprint density at radius 2 is 1.88 bits per heavy atom. The zero-order valence-corrected chi connectivity index (χ0v) is 19.5. The molecule has 0 spiro atoms. The van der Waals surface area contributed by atoms with Gasteiger partial charge in [-0.15, -0.1) is 12.6 Å². The number of carbonyl (C=O) groups excluding carboxylic acids is 2. The molecular weight excluding hydrogens is 469 g/mol. The number of allylic oxidation sites excluding steroid dienone is 2. The first-order chi connectivity index (χ1) is 16.1. The van der Waals surface area contributed by atoms with Gasteiger partial charge in [0.15, 0.2) is 6.29 Å². The van der Waals surface area contributed by atoms with Gasteiger partial charge in [-0.25, -0.2) is 0 Å². The molecule has 0 aromatic heterocycles. The number of aldehydes is 1. The van der Waals surface area contributed by atoms with E-state index >= 15 is 0 Å². The molecule has 0 saturated heterocycles. The summed E-state index contributed by atoms with van der Waals surface area (Å²) in [5, 5.41) is 11.8. The third-order valence-corrected chi connectivity index (χ3v) is 5.13. The summed E-state index contributed by atoms with van der Waals surface area (Å²) < 4.78 is 44.8. The minimum Gasteiger partial charge on any atom is -0.489 e. The van der Waals surface area contributed by atoms with Crippen LogP contribution in [0.15, 0.2) is 76.5 Å². The normalized spacial score (nSPS) is 12.6. The van der Waals surface area contributed by atoms with Crippen molar-refractivity contribution in [3.05, 3.63) is 82.8 Å². The summed E-state index contributed by atoms with van der Waals surface area (Å²) >= 11 is 4.20. The minimum absolute atomic E-state index is 0.0469. The topological polar surface area (TPSA) is 78.9 Å². The minimum atomic E-state index is -4.51. The van der Waals surface area contributed by atoms with Gasteiger partial charge in [-0.1, -0.05) is 18.2 Å². The highest BCUT2D eigenvalue weighted by atomic mass is 32.1. The number of aliphatic hydroxyl groups is 1. The number of amides is 1. The third kappa shape index (κ3) is 7.67. The van der Waals surface area contributed by atoms with Gasteiger partial charge in [0.1, 0.15) is 12.4 Å². The highest BCUT2D eigenvalue weighted by molar-refractivity contribution is 7.80. The molecule has 0 atom stereocenters. The SMILES string of the molecule is C/C(=C(/C=C(\C=O)C(=O)NCc1ccc(S)cc1)OCCO)N(C)c1cccc(C(F)(F)F)c1. The number of thiol groups is 1. The predicted molar refractivity (Wildman–Crippen MR) is 125 cm³/mol. The summed E-state index contributed by atoms with van der Waals surface area (Å²) in [5.41, 5.74) is 0.261. The number of alkyl halides is 3. The van der Waals surface area contributed by atoms with E-state index in [1.165, 1.54) is 30.2 Å². The van der Waals surface area contributed by atoms with Crippen molar-refractivity contribution in [1.82, 2.24) is 5.32 Å². The maximum Gasteiger partial charge on any atom is 0.416 e. The Balaban J connectivity index is 2.32. The molecule has 0 aliphatic carbocycles. The molecular formula is C24H25F3N2O4S. The van der Waals surface area contributed by atoms with E-state index in [0.29, 0.717) is 12.0 Å². The maximum absolute atomic E-state index is 13.1. The number of hydrogen-bond acceptors (Lipinski definition) is 6. The summed E-state index contributed by atoms with van der Waals surface area (Å²) in [6.07, 6.45) is -2.97. The van der Waals surface area contributed by atoms with Crippen molar-refractivity contribution in [2.75, 3.05) is 25.2 Å². The second-order valence-corrected chi connectivity index (χ2v) is 7.71. The van der Waals surface area contributed by atoms with Crippen molar-refractivity contribution < 1.29 is 32.6 Å². The Labute approximate surface area is 201 Å². The molecule has 0 unspecified atom stereocenters. The molecule has 0 bridgehead atoms. The van der Waals surface area contributed by atoms with Crippen LogP contribution in [0.4, 0.5) is 18.9 Å². The monoisotopic (exact) mass is 494 g/mol. The van der Waals surface area contributed by atoms with Crippen LogP contribution in [0.3, 0.4) is 0 Å². The zero-order chi connectivity index (χ0) is 25.3. The summed E-state index contributed by atoms with van der Waals surface area (Å²) in [7, 11) is 1.52. The van der Waals surface area contributed by atoms with Crippen molar-refractivity contribution in [3.8, 4) is 0 Å². The van der Waals surface area contributed by atoms with Crippen LogP contribution in [0.1, 0.15) is 18.1 Å². The molecule has 0 radical (unpaired) electrons. The molecule has 2 rings (SSSR count). The van der Waals surface area contributed by atoms with E-state index in [1.54, 1.807) is 31.2 Å². The average Bonchev–Trinajstić information content (AvgIpc) is 2.82. The molecule has 0 aliphatic heterocycles. The van der Waals surface area contributed by atoms with Gasteiger partial charge in [0.2, 0.25) is 0 Å². The molecule has 2 aromatic rings. The van der Waals surface area contributed by atoms with Gasteiger partial charge in [0.05, 0.1) is 23.4 Å². The van der Waals surface area contributed by atoms with Gasteiger partial charge in [-0.05, 0) is 48.9 Å². The molecule has 182 valence electrons. The van der Waals surface area contributed by atoms with E-state index in [4.69, 9.17) is 9.84 Å². The van der Waals surface area contributed by atoms with Crippen molar-refractivity contribution in [1.29, 1.82) is 0 Å². The van der Waals surface area contributed by atoms with Crippen LogP contribution in [0.2, 0.25) is 0 Å². The Kier molecular flexibility index (Phi) is 9.76. The van der Waals surface area contributed by atoms with E-state index in [-0.39, 0.29) is 36.8 Å². The fraction of sp³-hybridized carbons (Fsp3) is 0.250. The van der Waals surface area contributed by atoms with Gasteiger partial charge >= 0.3 is 6.18 Å². The Morgan fingerprint density at radius 1 is 1.21 bits per heavy atom. The zero-order valence-electron chi connectivity index (χ0n) is 18.6. The van der Waals surface area contributed by atoms with E-state index in [9.17, 15) is 22.8 Å². The first kappa shape index (κ1) is 27.0. The molecule has 2 aromatic carbocycles. The number of carbonyl (C=O) groups is 2. The summed E-state index contributed by atoms with van der Waals surface area (Å²) in [6, 6.07) is 11.8. The number of rotatable bonds is 10. The molecule has 1 amide bonds. The molecule has 10 heteroatoms. The standard InChI is InChI=1S/C24H25F3N2O4S/c1-16(29(2)20-5-3-4-19(13-20)24(25,26)27)22(33-11-10-30)12-18(15-31)23(32)28-14-17-6-8-21(34)9-7-17/h3-9,12-13,15,30,34H,10-11,14H2,1-2H3,(H,28,32)/b18-12+,22-16+. The first-order valence-electron chi connectivity index (χ1n) is 10.1. The smallest absolute Gasteiger partial charge is 0.416 e. The van der Waals surface area contributed by atoms with E-state index in [1.807, 2.05) is 0 Å². The van der Waals surface area contributed by atoms with Crippen molar-refractivity contribution >= 4 is 30.5 Å². The van der Waals surface area contributed by atoms with E-state index < -0.39 is 17.6 Å². The van der Waals surface area contributed by atoms with Gasteiger partial charge in [0, 0.05) is 24.2 Å².